The number of hydrogen-bond donors (Lipinski definition) is 2. The van der Waals surface area contributed by atoms with Gasteiger partial charge < -0.3 is 19.4 Å². The molecule has 0 fully saturated rings. The van der Waals surface area contributed by atoms with Crippen molar-refractivity contribution in [1.29, 1.82) is 0 Å². The molecule has 2 N–H and O–H groups in total. The third-order valence-corrected chi connectivity index (χ3v) is 4.77. The maximum atomic E-state index is 9.68. The summed E-state index contributed by atoms with van der Waals surface area (Å²) in [6.07, 6.45) is 1.40. The van der Waals surface area contributed by atoms with E-state index in [4.69, 9.17) is 16.1 Å². The molecule has 0 unspecified atom stereocenters. The molecule has 0 atom stereocenters. The second-order valence-electron chi connectivity index (χ2n) is 6.22. The number of phenols is 1. The Balaban J connectivity index is 2.21. The number of fused-ring (bicyclic) bond motifs is 1. The second-order valence-corrected chi connectivity index (χ2v) is 6.66. The molecule has 4 aromatic rings. The molecular formula is C20H16ClN3O3. The molecule has 0 aliphatic rings. The first-order chi connectivity index (χ1) is 13.0. The van der Waals surface area contributed by atoms with Crippen molar-refractivity contribution in [3.05, 3.63) is 64.5 Å². The maximum Gasteiger partial charge on any atom is 0.143 e. The lowest BCUT2D eigenvalue weighted by molar-refractivity contribution is 0.322. The molecule has 4 rings (SSSR count). The third-order valence-electron chi connectivity index (χ3n) is 4.53. The first kappa shape index (κ1) is 17.2. The summed E-state index contributed by atoms with van der Waals surface area (Å²) in [5.74, 6) is 0.818. The van der Waals surface area contributed by atoms with E-state index in [1.165, 1.54) is 6.21 Å². The Hall–Kier alpha value is -3.25. The van der Waals surface area contributed by atoms with E-state index in [-0.39, 0.29) is 5.75 Å². The number of oxime groups is 1. The van der Waals surface area contributed by atoms with Crippen molar-refractivity contribution < 1.29 is 14.8 Å². The number of benzene rings is 2. The molecule has 136 valence electrons. The second kappa shape index (κ2) is 6.48. The Morgan fingerprint density at radius 2 is 1.89 bits per heavy atom. The Labute approximate surface area is 159 Å². The van der Waals surface area contributed by atoms with Crippen LogP contribution in [0.2, 0.25) is 5.02 Å². The summed E-state index contributed by atoms with van der Waals surface area (Å²) < 4.78 is 7.37. The lowest BCUT2D eigenvalue weighted by Crippen LogP contribution is -1.99. The number of aromatic nitrogens is 2. The van der Waals surface area contributed by atoms with Gasteiger partial charge >= 0.3 is 0 Å². The first-order valence-corrected chi connectivity index (χ1v) is 8.63. The molecule has 0 saturated heterocycles. The fraction of sp³-hybridized carbons (Fsp3) is 0.100. The molecule has 0 radical (unpaired) electrons. The summed E-state index contributed by atoms with van der Waals surface area (Å²) in [7, 11) is 0. The van der Waals surface area contributed by atoms with E-state index in [0.717, 1.165) is 27.8 Å². The van der Waals surface area contributed by atoms with Crippen LogP contribution in [0.15, 0.2) is 52.1 Å². The van der Waals surface area contributed by atoms with Crippen LogP contribution >= 0.6 is 11.6 Å². The van der Waals surface area contributed by atoms with Crippen LogP contribution in [-0.2, 0) is 0 Å². The Bertz CT molecular complexity index is 1150. The van der Waals surface area contributed by atoms with Gasteiger partial charge in [0.2, 0.25) is 0 Å². The predicted molar refractivity (Wildman–Crippen MR) is 104 cm³/mol. The minimum absolute atomic E-state index is 0.171. The zero-order chi connectivity index (χ0) is 19.1. The lowest BCUT2D eigenvalue weighted by atomic mass is 10.0. The molecule has 0 saturated carbocycles. The molecule has 0 spiro atoms. The van der Waals surface area contributed by atoms with Gasteiger partial charge in [-0.2, -0.15) is 0 Å². The predicted octanol–water partition coefficient (Wildman–Crippen LogP) is 5.07. The van der Waals surface area contributed by atoms with Crippen LogP contribution in [0.3, 0.4) is 0 Å². The van der Waals surface area contributed by atoms with Gasteiger partial charge in [0, 0.05) is 21.7 Å². The van der Waals surface area contributed by atoms with Crippen LogP contribution < -0.4 is 0 Å². The van der Waals surface area contributed by atoms with Crippen molar-refractivity contribution in [2.45, 2.75) is 13.8 Å². The normalized spacial score (nSPS) is 11.7. The number of nitrogens with zero attached hydrogens (tertiary/aromatic N) is 3. The van der Waals surface area contributed by atoms with Crippen molar-refractivity contribution >= 4 is 28.7 Å². The SMILES string of the molecule is Cc1noc(C)c1-c1c(/C=N/O)c2ccc(Cl)cc2n1-c1ccc(O)cc1. The summed E-state index contributed by atoms with van der Waals surface area (Å²) in [5, 5.41) is 27.7. The van der Waals surface area contributed by atoms with E-state index < -0.39 is 0 Å². The van der Waals surface area contributed by atoms with Crippen LogP contribution in [0.4, 0.5) is 0 Å². The number of aryl methyl sites for hydroxylation is 2. The Morgan fingerprint density at radius 1 is 1.15 bits per heavy atom. The quantitative estimate of drug-likeness (QED) is 0.295. The summed E-state index contributed by atoms with van der Waals surface area (Å²) in [4.78, 5) is 0. The molecule has 6 nitrogen and oxygen atoms in total. The van der Waals surface area contributed by atoms with Crippen molar-refractivity contribution in [3.8, 4) is 22.7 Å². The van der Waals surface area contributed by atoms with Gasteiger partial charge in [-0.3, -0.25) is 0 Å². The summed E-state index contributed by atoms with van der Waals surface area (Å²) in [6.45, 7) is 3.69. The van der Waals surface area contributed by atoms with Gasteiger partial charge in [0.1, 0.15) is 11.5 Å². The maximum absolute atomic E-state index is 9.68. The van der Waals surface area contributed by atoms with Crippen molar-refractivity contribution in [3.63, 3.8) is 0 Å². The van der Waals surface area contributed by atoms with Gasteiger partial charge in [-0.05, 0) is 50.2 Å². The van der Waals surface area contributed by atoms with E-state index in [2.05, 4.69) is 10.3 Å². The number of hydrogen-bond acceptors (Lipinski definition) is 5. The van der Waals surface area contributed by atoms with Gasteiger partial charge in [0.25, 0.3) is 0 Å². The molecule has 0 aliphatic heterocycles. The smallest absolute Gasteiger partial charge is 0.143 e. The summed E-state index contributed by atoms with van der Waals surface area (Å²) in [6, 6.07) is 12.4. The fourth-order valence-corrected chi connectivity index (χ4v) is 3.58. The van der Waals surface area contributed by atoms with Crippen molar-refractivity contribution in [1.82, 2.24) is 9.72 Å². The zero-order valence-electron chi connectivity index (χ0n) is 14.6. The van der Waals surface area contributed by atoms with Crippen molar-refractivity contribution in [2.75, 3.05) is 0 Å². The highest BCUT2D eigenvalue weighted by Gasteiger charge is 2.24. The highest BCUT2D eigenvalue weighted by atomic mass is 35.5. The van der Waals surface area contributed by atoms with E-state index in [0.29, 0.717) is 22.0 Å². The molecule has 0 bridgehead atoms. The topological polar surface area (TPSA) is 83.8 Å². The average Bonchev–Trinajstić information content (AvgIpc) is 3.13. The number of aromatic hydroxyl groups is 1. The van der Waals surface area contributed by atoms with Crippen molar-refractivity contribution in [2.24, 2.45) is 5.16 Å². The van der Waals surface area contributed by atoms with Gasteiger partial charge in [-0.25, -0.2) is 0 Å². The molecular weight excluding hydrogens is 366 g/mol. The van der Waals surface area contributed by atoms with Crippen LogP contribution in [0.1, 0.15) is 17.0 Å². The Kier molecular flexibility index (Phi) is 4.12. The van der Waals surface area contributed by atoms with E-state index in [1.54, 1.807) is 30.3 Å². The van der Waals surface area contributed by atoms with E-state index in [9.17, 15) is 10.3 Å². The van der Waals surface area contributed by atoms with Gasteiger partial charge in [-0.1, -0.05) is 28.0 Å². The Morgan fingerprint density at radius 3 is 2.52 bits per heavy atom. The van der Waals surface area contributed by atoms with Gasteiger partial charge in [0.05, 0.1) is 28.7 Å². The highest BCUT2D eigenvalue weighted by Crippen LogP contribution is 2.39. The van der Waals surface area contributed by atoms with Crippen LogP contribution in [0.25, 0.3) is 27.8 Å². The fourth-order valence-electron chi connectivity index (χ4n) is 3.41. The molecule has 0 amide bonds. The number of rotatable bonds is 3. The molecule has 7 heteroatoms. The largest absolute Gasteiger partial charge is 0.508 e. The van der Waals surface area contributed by atoms with E-state index >= 15 is 0 Å². The molecule has 2 aromatic carbocycles. The number of halogens is 1. The minimum atomic E-state index is 0.171. The molecule has 2 aromatic heterocycles. The summed E-state index contributed by atoms with van der Waals surface area (Å²) in [5.41, 5.74) is 4.66. The minimum Gasteiger partial charge on any atom is -0.508 e. The molecule has 27 heavy (non-hydrogen) atoms. The number of phenolic OH excluding ortho intramolecular Hbond substituents is 1. The van der Waals surface area contributed by atoms with E-state index in [1.807, 2.05) is 30.5 Å². The third kappa shape index (κ3) is 2.74. The summed E-state index contributed by atoms with van der Waals surface area (Å²) >= 11 is 6.26. The van der Waals surface area contributed by atoms with Gasteiger partial charge in [-0.15, -0.1) is 0 Å². The monoisotopic (exact) mass is 381 g/mol. The van der Waals surface area contributed by atoms with Gasteiger partial charge in [0.15, 0.2) is 0 Å². The standard InChI is InChI=1S/C20H16ClN3O3/c1-11-19(12(2)27-23-11)20-17(10-22-26)16-8-3-13(21)9-18(16)24(20)14-4-6-15(25)7-5-14/h3-10,25-26H,1-2H3/b22-10+. The molecule has 0 aliphatic carbocycles. The molecule has 2 heterocycles. The first-order valence-electron chi connectivity index (χ1n) is 8.25. The lowest BCUT2D eigenvalue weighted by Gasteiger charge is -2.12. The van der Waals surface area contributed by atoms with Crippen LogP contribution in [0, 0.1) is 13.8 Å². The average molecular weight is 382 g/mol. The highest BCUT2D eigenvalue weighted by molar-refractivity contribution is 6.31. The van der Waals surface area contributed by atoms with Crippen LogP contribution in [-0.4, -0.2) is 26.3 Å². The van der Waals surface area contributed by atoms with Crippen LogP contribution in [0.5, 0.6) is 5.75 Å². The zero-order valence-corrected chi connectivity index (χ0v) is 15.4.